The molecule has 0 amide bonds. The summed E-state index contributed by atoms with van der Waals surface area (Å²) in [4.78, 5) is 0. The van der Waals surface area contributed by atoms with E-state index in [2.05, 4.69) is 10.3 Å². The molecule has 0 N–H and O–H groups in total. The molecule has 0 aliphatic carbocycles. The minimum atomic E-state index is -2.39. The summed E-state index contributed by atoms with van der Waals surface area (Å²) >= 11 is 5.47. The average Bonchev–Trinajstić information content (AvgIpc) is 2.48. The number of alkyl halides is 3. The molecule has 0 saturated heterocycles. The number of aryl methyl sites for hydroxylation is 1. The van der Waals surface area contributed by atoms with Crippen LogP contribution < -0.4 is 0 Å². The second kappa shape index (κ2) is 5.11. The Kier molecular flexibility index (Phi) is 4.08. The Morgan fingerprint density at radius 2 is 2.31 bits per heavy atom. The van der Waals surface area contributed by atoms with Gasteiger partial charge >= 0.3 is 0 Å². The molecule has 6 heteroatoms. The third kappa shape index (κ3) is 3.67. The lowest BCUT2D eigenvalue weighted by molar-refractivity contribution is 0.121. The molecular weight excluding hydrogens is 200 g/mol. The largest absolute Gasteiger partial charge is 0.257 e. The third-order valence-corrected chi connectivity index (χ3v) is 1.74. The van der Waals surface area contributed by atoms with Crippen molar-refractivity contribution in [1.29, 1.82) is 0 Å². The van der Waals surface area contributed by atoms with E-state index < -0.39 is 13.0 Å². The van der Waals surface area contributed by atoms with E-state index in [9.17, 15) is 8.78 Å². The molecular formula is C7H10ClF2N3. The summed E-state index contributed by atoms with van der Waals surface area (Å²) in [7, 11) is 0. The monoisotopic (exact) mass is 209 g/mol. The molecule has 74 valence electrons. The molecule has 1 rings (SSSR count). The summed E-state index contributed by atoms with van der Waals surface area (Å²) in [5.74, 6) is 0.543. The van der Waals surface area contributed by atoms with Crippen LogP contribution in [-0.4, -0.2) is 27.3 Å². The Balaban J connectivity index is 2.44. The van der Waals surface area contributed by atoms with E-state index >= 15 is 0 Å². The second-order valence-electron chi connectivity index (χ2n) is 2.62. The van der Waals surface area contributed by atoms with Gasteiger partial charge in [-0.15, -0.1) is 16.7 Å². The fourth-order valence-electron chi connectivity index (χ4n) is 0.932. The zero-order chi connectivity index (χ0) is 9.68. The van der Waals surface area contributed by atoms with Gasteiger partial charge in [-0.1, -0.05) is 5.21 Å². The number of rotatable bonds is 5. The molecule has 3 nitrogen and oxygen atoms in total. The van der Waals surface area contributed by atoms with Crippen molar-refractivity contribution in [3.05, 3.63) is 11.9 Å². The highest BCUT2D eigenvalue weighted by atomic mass is 35.5. The average molecular weight is 210 g/mol. The van der Waals surface area contributed by atoms with E-state index in [1.54, 1.807) is 0 Å². The number of aromatic nitrogens is 3. The third-order valence-electron chi connectivity index (χ3n) is 1.48. The quantitative estimate of drug-likeness (QED) is 0.692. The predicted octanol–water partition coefficient (Wildman–Crippen LogP) is 1.71. The van der Waals surface area contributed by atoms with Crippen molar-refractivity contribution in [2.45, 2.75) is 25.8 Å². The molecule has 1 aromatic rings. The Hall–Kier alpha value is -0.710. The van der Waals surface area contributed by atoms with Crippen LogP contribution in [0.25, 0.3) is 0 Å². The molecule has 0 bridgehead atoms. The molecule has 1 heterocycles. The lowest BCUT2D eigenvalue weighted by atomic mass is 10.3. The van der Waals surface area contributed by atoms with Gasteiger partial charge in [-0.05, 0) is 12.8 Å². The number of hydrogen-bond acceptors (Lipinski definition) is 2. The Labute approximate surface area is 79.7 Å². The van der Waals surface area contributed by atoms with Crippen LogP contribution in [0.4, 0.5) is 8.78 Å². The van der Waals surface area contributed by atoms with Crippen LogP contribution in [0.3, 0.4) is 0 Å². The van der Waals surface area contributed by atoms with Gasteiger partial charge in [0.05, 0.1) is 5.69 Å². The molecule has 0 aliphatic heterocycles. The fraction of sp³-hybridized carbons (Fsp3) is 0.714. The highest BCUT2D eigenvalue weighted by molar-refractivity contribution is 6.17. The van der Waals surface area contributed by atoms with E-state index in [0.29, 0.717) is 18.0 Å². The normalized spacial score (nSPS) is 11.1. The topological polar surface area (TPSA) is 30.7 Å². The van der Waals surface area contributed by atoms with Gasteiger partial charge in [-0.25, -0.2) is 13.5 Å². The highest BCUT2D eigenvalue weighted by Crippen LogP contribution is 2.01. The first kappa shape index (κ1) is 10.4. The molecule has 0 radical (unpaired) electrons. The van der Waals surface area contributed by atoms with E-state index in [4.69, 9.17) is 11.6 Å². The molecule has 13 heavy (non-hydrogen) atoms. The standard InChI is InChI=1S/C7H10ClF2N3/c8-3-1-2-6-4-13(12-11-6)5-7(9)10/h4,7H,1-3,5H2. The van der Waals surface area contributed by atoms with Crippen LogP contribution in [0, 0.1) is 0 Å². The Bertz CT molecular complexity index is 252. The van der Waals surface area contributed by atoms with Gasteiger partial charge in [0.1, 0.15) is 6.54 Å². The van der Waals surface area contributed by atoms with Gasteiger partial charge in [0.15, 0.2) is 0 Å². The molecule has 0 atom stereocenters. The second-order valence-corrected chi connectivity index (χ2v) is 2.99. The van der Waals surface area contributed by atoms with Gasteiger partial charge in [0.25, 0.3) is 6.43 Å². The molecule has 0 saturated carbocycles. The number of halogens is 3. The van der Waals surface area contributed by atoms with Crippen LogP contribution in [0.5, 0.6) is 0 Å². The first-order chi connectivity index (χ1) is 6.22. The Morgan fingerprint density at radius 1 is 1.54 bits per heavy atom. The SMILES string of the molecule is FC(F)Cn1cc(CCCCl)nn1. The maximum atomic E-state index is 11.9. The smallest absolute Gasteiger partial charge is 0.247 e. The summed E-state index contributed by atoms with van der Waals surface area (Å²) in [5.41, 5.74) is 0.710. The maximum absolute atomic E-state index is 11.9. The van der Waals surface area contributed by atoms with Gasteiger partial charge in [-0.2, -0.15) is 0 Å². The molecule has 0 aromatic carbocycles. The fourth-order valence-corrected chi connectivity index (χ4v) is 1.07. The van der Waals surface area contributed by atoms with E-state index in [1.165, 1.54) is 6.20 Å². The van der Waals surface area contributed by atoms with Crippen molar-refractivity contribution in [2.75, 3.05) is 5.88 Å². The summed E-state index contributed by atoms with van der Waals surface area (Å²) in [5, 5.41) is 7.28. The minimum Gasteiger partial charge on any atom is -0.247 e. The van der Waals surface area contributed by atoms with Crippen LogP contribution >= 0.6 is 11.6 Å². The summed E-state index contributed by atoms with van der Waals surface area (Å²) in [6.07, 6.45) is 0.614. The molecule has 0 aliphatic rings. The first-order valence-corrected chi connectivity index (χ1v) is 4.49. The predicted molar refractivity (Wildman–Crippen MR) is 45.1 cm³/mol. The maximum Gasteiger partial charge on any atom is 0.257 e. The van der Waals surface area contributed by atoms with Crippen molar-refractivity contribution in [3.8, 4) is 0 Å². The van der Waals surface area contributed by atoms with Crippen molar-refractivity contribution >= 4 is 11.6 Å². The summed E-state index contributed by atoms with van der Waals surface area (Å²) in [6, 6.07) is 0. The Morgan fingerprint density at radius 3 is 2.92 bits per heavy atom. The van der Waals surface area contributed by atoms with E-state index in [0.717, 1.165) is 11.1 Å². The van der Waals surface area contributed by atoms with Gasteiger partial charge in [0.2, 0.25) is 0 Å². The highest BCUT2D eigenvalue weighted by Gasteiger charge is 2.06. The van der Waals surface area contributed by atoms with Crippen LogP contribution in [0.1, 0.15) is 12.1 Å². The summed E-state index contributed by atoms with van der Waals surface area (Å²) < 4.78 is 24.9. The first-order valence-electron chi connectivity index (χ1n) is 3.95. The zero-order valence-electron chi connectivity index (χ0n) is 6.96. The van der Waals surface area contributed by atoms with Crippen molar-refractivity contribution < 1.29 is 8.78 Å². The molecule has 1 aromatic heterocycles. The molecule has 0 spiro atoms. The van der Waals surface area contributed by atoms with E-state index in [1.807, 2.05) is 0 Å². The van der Waals surface area contributed by atoms with Crippen molar-refractivity contribution in [3.63, 3.8) is 0 Å². The minimum absolute atomic E-state index is 0.395. The van der Waals surface area contributed by atoms with Crippen LogP contribution in [-0.2, 0) is 13.0 Å². The number of nitrogens with zero attached hydrogens (tertiary/aromatic N) is 3. The lowest BCUT2D eigenvalue weighted by Gasteiger charge is -1.95. The van der Waals surface area contributed by atoms with Gasteiger partial charge < -0.3 is 0 Å². The van der Waals surface area contributed by atoms with Crippen molar-refractivity contribution in [2.24, 2.45) is 0 Å². The number of hydrogen-bond donors (Lipinski definition) is 0. The lowest BCUT2D eigenvalue weighted by Crippen LogP contribution is -2.06. The summed E-state index contributed by atoms with van der Waals surface area (Å²) in [6.45, 7) is -0.395. The zero-order valence-corrected chi connectivity index (χ0v) is 7.71. The van der Waals surface area contributed by atoms with Crippen LogP contribution in [0.2, 0.25) is 0 Å². The van der Waals surface area contributed by atoms with E-state index in [-0.39, 0.29) is 0 Å². The molecule has 0 fully saturated rings. The van der Waals surface area contributed by atoms with Crippen LogP contribution in [0.15, 0.2) is 6.20 Å². The molecule has 0 unspecified atom stereocenters. The van der Waals surface area contributed by atoms with Crippen molar-refractivity contribution in [1.82, 2.24) is 15.0 Å². The van der Waals surface area contributed by atoms with Gasteiger partial charge in [0, 0.05) is 12.1 Å². The van der Waals surface area contributed by atoms with Gasteiger partial charge in [-0.3, -0.25) is 0 Å².